The van der Waals surface area contributed by atoms with Crippen LogP contribution in [0.25, 0.3) is 38.9 Å². The Morgan fingerprint density at radius 2 is 1.74 bits per heavy atom. The zero-order valence-corrected chi connectivity index (χ0v) is 20.1. The van der Waals surface area contributed by atoms with Crippen molar-refractivity contribution < 1.29 is 0 Å². The third kappa shape index (κ3) is 4.01. The fourth-order valence-electron chi connectivity index (χ4n) is 5.53. The fraction of sp³-hybridized carbons (Fsp3) is 0.267. The van der Waals surface area contributed by atoms with Crippen molar-refractivity contribution in [3.8, 4) is 22.5 Å². The summed E-state index contributed by atoms with van der Waals surface area (Å²) < 4.78 is 2.27. The van der Waals surface area contributed by atoms with Crippen LogP contribution in [-0.4, -0.2) is 32.6 Å². The van der Waals surface area contributed by atoms with Gasteiger partial charge in [0.1, 0.15) is 5.82 Å². The third-order valence-corrected chi connectivity index (χ3v) is 7.40. The lowest BCUT2D eigenvalue weighted by molar-refractivity contribution is 0.326. The molecule has 1 saturated carbocycles. The number of hydrogen-bond donors (Lipinski definition) is 0. The summed E-state index contributed by atoms with van der Waals surface area (Å²) in [6, 6.07) is 21.1. The third-order valence-electron chi connectivity index (χ3n) is 7.40. The van der Waals surface area contributed by atoms with E-state index in [1.54, 1.807) is 0 Å². The van der Waals surface area contributed by atoms with E-state index >= 15 is 0 Å². The number of imidazole rings is 1. The van der Waals surface area contributed by atoms with Crippen LogP contribution in [-0.2, 0) is 0 Å². The molecule has 0 aliphatic heterocycles. The van der Waals surface area contributed by atoms with Crippen molar-refractivity contribution in [1.82, 2.24) is 19.4 Å². The first-order valence-electron chi connectivity index (χ1n) is 12.4. The van der Waals surface area contributed by atoms with Gasteiger partial charge in [0.05, 0.1) is 28.1 Å². The van der Waals surface area contributed by atoms with Gasteiger partial charge in [0, 0.05) is 41.4 Å². The molecule has 0 bridgehead atoms. The van der Waals surface area contributed by atoms with Crippen LogP contribution in [0.5, 0.6) is 0 Å². The number of benzene rings is 2. The molecular weight excluding hydrogens is 430 g/mol. The molecule has 1 aliphatic carbocycles. The van der Waals surface area contributed by atoms with Crippen LogP contribution in [0.15, 0.2) is 78.0 Å². The molecular formula is C30H29N5. The highest BCUT2D eigenvalue weighted by atomic mass is 15.1. The van der Waals surface area contributed by atoms with E-state index in [-0.39, 0.29) is 0 Å². The summed E-state index contributed by atoms with van der Waals surface area (Å²) in [5.74, 6) is 2.25. The van der Waals surface area contributed by atoms with Crippen LogP contribution in [0.1, 0.15) is 43.1 Å². The Bertz CT molecular complexity index is 1510. The molecule has 1 aliphatic rings. The van der Waals surface area contributed by atoms with Crippen molar-refractivity contribution in [2.75, 3.05) is 6.54 Å². The van der Waals surface area contributed by atoms with Crippen molar-refractivity contribution in [3.05, 3.63) is 84.6 Å². The van der Waals surface area contributed by atoms with Gasteiger partial charge in [0.15, 0.2) is 0 Å². The van der Waals surface area contributed by atoms with Crippen molar-refractivity contribution in [2.45, 2.75) is 38.5 Å². The molecule has 3 aromatic heterocycles. The first kappa shape index (κ1) is 21.7. The Labute approximate surface area is 205 Å². The highest BCUT2D eigenvalue weighted by Gasteiger charge is 2.27. The largest absolute Gasteiger partial charge is 0.301 e. The van der Waals surface area contributed by atoms with E-state index in [1.807, 2.05) is 24.4 Å². The second-order valence-corrected chi connectivity index (χ2v) is 9.64. The lowest BCUT2D eigenvalue weighted by Gasteiger charge is -2.26. The summed E-state index contributed by atoms with van der Waals surface area (Å²) in [4.78, 5) is 19.0. The van der Waals surface area contributed by atoms with Gasteiger partial charge in [-0.1, -0.05) is 48.5 Å². The highest BCUT2D eigenvalue weighted by Crippen LogP contribution is 2.38. The van der Waals surface area contributed by atoms with E-state index in [9.17, 15) is 0 Å². The molecule has 2 aromatic carbocycles. The number of aromatic nitrogens is 4. The van der Waals surface area contributed by atoms with Crippen LogP contribution >= 0.6 is 0 Å². The summed E-state index contributed by atoms with van der Waals surface area (Å²) >= 11 is 0. The number of rotatable bonds is 5. The number of fused-ring (bicyclic) bond motifs is 2. The van der Waals surface area contributed by atoms with E-state index < -0.39 is 0 Å². The maximum atomic E-state index is 5.26. The molecule has 5 aromatic rings. The van der Waals surface area contributed by atoms with Crippen LogP contribution in [0, 0.1) is 12.8 Å². The molecule has 0 unspecified atom stereocenters. The summed E-state index contributed by atoms with van der Waals surface area (Å²) in [6.45, 7) is 6.63. The van der Waals surface area contributed by atoms with E-state index in [0.29, 0.717) is 11.8 Å². The fourth-order valence-corrected chi connectivity index (χ4v) is 5.53. The highest BCUT2D eigenvalue weighted by molar-refractivity contribution is 5.89. The van der Waals surface area contributed by atoms with Crippen molar-refractivity contribution in [2.24, 2.45) is 10.9 Å². The van der Waals surface area contributed by atoms with Gasteiger partial charge < -0.3 is 4.99 Å². The summed E-state index contributed by atoms with van der Waals surface area (Å²) in [6.07, 6.45) is 8.59. The Morgan fingerprint density at radius 1 is 0.943 bits per heavy atom. The number of pyridine rings is 1. The van der Waals surface area contributed by atoms with Crippen LogP contribution in [0.4, 0.5) is 0 Å². The van der Waals surface area contributed by atoms with E-state index in [1.165, 1.54) is 12.8 Å². The maximum Gasteiger partial charge on any atom is 0.117 e. The number of hydrogen-bond acceptors (Lipinski definition) is 4. The second-order valence-electron chi connectivity index (χ2n) is 9.64. The zero-order valence-electron chi connectivity index (χ0n) is 20.1. The van der Waals surface area contributed by atoms with Gasteiger partial charge in [-0.2, -0.15) is 0 Å². The second kappa shape index (κ2) is 9.06. The first-order valence-corrected chi connectivity index (χ1v) is 12.4. The van der Waals surface area contributed by atoms with Crippen LogP contribution < -0.4 is 0 Å². The summed E-state index contributed by atoms with van der Waals surface area (Å²) in [5, 5.41) is 1.13. The van der Waals surface area contributed by atoms with E-state index in [2.05, 4.69) is 76.7 Å². The van der Waals surface area contributed by atoms with Gasteiger partial charge in [0.25, 0.3) is 0 Å². The Kier molecular flexibility index (Phi) is 5.61. The van der Waals surface area contributed by atoms with Crippen molar-refractivity contribution in [3.63, 3.8) is 0 Å². The topological polar surface area (TPSA) is 55.4 Å². The quantitative estimate of drug-likeness (QED) is 0.269. The van der Waals surface area contributed by atoms with Crippen LogP contribution in [0.3, 0.4) is 0 Å². The minimum Gasteiger partial charge on any atom is -0.301 e. The predicted molar refractivity (Wildman–Crippen MR) is 143 cm³/mol. The van der Waals surface area contributed by atoms with Gasteiger partial charge in [-0.25, -0.2) is 9.97 Å². The molecule has 0 amide bonds. The lowest BCUT2D eigenvalue weighted by Crippen LogP contribution is -2.17. The zero-order chi connectivity index (χ0) is 23.8. The van der Waals surface area contributed by atoms with Crippen molar-refractivity contribution in [1.29, 1.82) is 0 Å². The minimum absolute atomic E-state index is 0.447. The Hall–Kier alpha value is -3.86. The summed E-state index contributed by atoms with van der Waals surface area (Å²) in [5.41, 5.74) is 7.25. The standard InChI is InChI=1S/C30H29N5/c1-20-29-28(34-30(35(29)17-16-32-20)24-10-8-21(9-11-24)19-31-2)25-13-12-23-14-15-26(33-27(23)18-25)22-6-4-3-5-7-22/h3-7,12-18,21,24H,2,8-11,19H2,1H3. The van der Waals surface area contributed by atoms with Gasteiger partial charge >= 0.3 is 0 Å². The average molecular weight is 460 g/mol. The van der Waals surface area contributed by atoms with Crippen molar-refractivity contribution >= 4 is 23.1 Å². The molecule has 6 rings (SSSR count). The average Bonchev–Trinajstić information content (AvgIpc) is 3.30. The number of aliphatic imine (C=N–C) groups is 1. The van der Waals surface area contributed by atoms with Gasteiger partial charge in [0.2, 0.25) is 0 Å². The number of nitrogens with zero attached hydrogens (tertiary/aromatic N) is 5. The predicted octanol–water partition coefficient (Wildman–Crippen LogP) is 6.89. The van der Waals surface area contributed by atoms with Gasteiger partial charge in [-0.05, 0) is 57.4 Å². The Balaban J connectivity index is 1.43. The molecule has 0 spiro atoms. The first-order chi connectivity index (χ1) is 17.2. The molecule has 5 heteroatoms. The molecule has 3 heterocycles. The molecule has 0 saturated heterocycles. The molecule has 35 heavy (non-hydrogen) atoms. The minimum atomic E-state index is 0.447. The lowest BCUT2D eigenvalue weighted by atomic mass is 9.81. The van der Waals surface area contributed by atoms with Gasteiger partial charge in [-0.3, -0.25) is 9.38 Å². The molecule has 0 atom stereocenters. The molecule has 5 nitrogen and oxygen atoms in total. The smallest absolute Gasteiger partial charge is 0.117 e. The number of aryl methyl sites for hydroxylation is 1. The molecule has 1 fully saturated rings. The maximum absolute atomic E-state index is 5.26. The van der Waals surface area contributed by atoms with E-state index in [0.717, 1.165) is 69.8 Å². The molecule has 0 radical (unpaired) electrons. The SMILES string of the molecule is C=NCC1CCC(c2nc(-c3ccc4ccc(-c5ccccc5)nc4c3)c3c(C)nccn23)CC1. The summed E-state index contributed by atoms with van der Waals surface area (Å²) in [7, 11) is 0. The molecule has 0 N–H and O–H groups in total. The monoisotopic (exact) mass is 459 g/mol. The van der Waals surface area contributed by atoms with Gasteiger partial charge in [-0.15, -0.1) is 0 Å². The van der Waals surface area contributed by atoms with Crippen LogP contribution in [0.2, 0.25) is 0 Å². The molecule has 174 valence electrons. The van der Waals surface area contributed by atoms with E-state index in [4.69, 9.17) is 9.97 Å². The normalized spacial score (nSPS) is 18.2. The Morgan fingerprint density at radius 3 is 2.54 bits per heavy atom.